The van der Waals surface area contributed by atoms with Crippen molar-refractivity contribution in [2.45, 2.75) is 37.2 Å². The van der Waals surface area contributed by atoms with Gasteiger partial charge in [0.2, 0.25) is 0 Å². The monoisotopic (exact) mass is 439 g/mol. The van der Waals surface area contributed by atoms with E-state index in [2.05, 4.69) is 0 Å². The maximum atomic E-state index is 13.1. The van der Waals surface area contributed by atoms with Gasteiger partial charge in [0.15, 0.2) is 0 Å². The zero-order chi connectivity index (χ0) is 22.0. The Morgan fingerprint density at radius 3 is 2.42 bits per heavy atom. The van der Waals surface area contributed by atoms with Crippen molar-refractivity contribution < 1.29 is 21.8 Å². The fourth-order valence-electron chi connectivity index (χ4n) is 3.39. The Bertz CT molecular complexity index is 1200. The second-order valence-electron chi connectivity index (χ2n) is 7.62. The third-order valence-electron chi connectivity index (χ3n) is 5.18. The van der Waals surface area contributed by atoms with Gasteiger partial charge in [0.25, 0.3) is 5.91 Å². The van der Waals surface area contributed by atoms with Crippen molar-refractivity contribution in [3.8, 4) is 5.75 Å². The number of aryl methyl sites for hydroxylation is 1. The number of rotatable bonds is 7. The molecule has 0 spiro atoms. The maximum absolute atomic E-state index is 13.1. The Morgan fingerprint density at radius 1 is 1.03 bits per heavy atom. The number of hydrogen-bond donors (Lipinski definition) is 0. The summed E-state index contributed by atoms with van der Waals surface area (Å²) in [5.41, 5.74) is 2.35. The molecule has 3 aromatic rings. The molecule has 0 radical (unpaired) electrons. The lowest BCUT2D eigenvalue weighted by Gasteiger charge is -2.23. The highest BCUT2D eigenvalue weighted by molar-refractivity contribution is 7.87. The number of carbonyl (C=O) groups excluding carboxylic acids is 1. The van der Waals surface area contributed by atoms with Gasteiger partial charge in [-0.2, -0.15) is 8.42 Å². The van der Waals surface area contributed by atoms with Crippen LogP contribution < -0.4 is 4.18 Å². The van der Waals surface area contributed by atoms with Gasteiger partial charge in [-0.25, -0.2) is 4.39 Å². The molecule has 0 N–H and O–H groups in total. The summed E-state index contributed by atoms with van der Waals surface area (Å²) >= 11 is 0. The molecule has 0 unspecified atom stereocenters. The van der Waals surface area contributed by atoms with E-state index in [-0.39, 0.29) is 22.6 Å². The van der Waals surface area contributed by atoms with Crippen LogP contribution in [0.15, 0.2) is 77.7 Å². The average Bonchev–Trinajstić information content (AvgIpc) is 3.57. The predicted octanol–water partition coefficient (Wildman–Crippen LogP) is 4.71. The van der Waals surface area contributed by atoms with Gasteiger partial charge in [-0.05, 0) is 73.4 Å². The SMILES string of the molecule is Cc1ccccc1C(=O)N(Cc1cccc(OS(=O)(=O)c2ccc(F)cc2)c1)C1CC1. The molecule has 1 saturated carbocycles. The van der Waals surface area contributed by atoms with E-state index in [0.29, 0.717) is 12.1 Å². The van der Waals surface area contributed by atoms with Crippen LogP contribution >= 0.6 is 0 Å². The van der Waals surface area contributed by atoms with Crippen molar-refractivity contribution in [2.75, 3.05) is 0 Å². The Balaban J connectivity index is 1.54. The van der Waals surface area contributed by atoms with Crippen LogP contribution in [0.3, 0.4) is 0 Å². The van der Waals surface area contributed by atoms with Crippen molar-refractivity contribution in [3.63, 3.8) is 0 Å². The van der Waals surface area contributed by atoms with Crippen LogP contribution in [0, 0.1) is 12.7 Å². The van der Waals surface area contributed by atoms with Gasteiger partial charge >= 0.3 is 10.1 Å². The number of halogens is 1. The number of benzene rings is 3. The van der Waals surface area contributed by atoms with E-state index in [0.717, 1.165) is 48.2 Å². The lowest BCUT2D eigenvalue weighted by Crippen LogP contribution is -2.33. The fourth-order valence-corrected chi connectivity index (χ4v) is 4.31. The molecule has 31 heavy (non-hydrogen) atoms. The van der Waals surface area contributed by atoms with Crippen molar-refractivity contribution in [2.24, 2.45) is 0 Å². The minimum absolute atomic E-state index is 0.0362. The highest BCUT2D eigenvalue weighted by Gasteiger charge is 2.33. The number of hydrogen-bond acceptors (Lipinski definition) is 4. The molecular formula is C24H22FNO4S. The van der Waals surface area contributed by atoms with Crippen molar-refractivity contribution >= 4 is 16.0 Å². The zero-order valence-electron chi connectivity index (χ0n) is 17.0. The van der Waals surface area contributed by atoms with Gasteiger partial charge in [0.1, 0.15) is 16.5 Å². The Hall–Kier alpha value is -3.19. The van der Waals surface area contributed by atoms with Crippen LogP contribution in [0.4, 0.5) is 4.39 Å². The first-order valence-corrected chi connectivity index (χ1v) is 11.4. The Labute approximate surface area is 181 Å². The van der Waals surface area contributed by atoms with E-state index in [4.69, 9.17) is 4.18 Å². The van der Waals surface area contributed by atoms with Gasteiger partial charge in [-0.3, -0.25) is 4.79 Å². The highest BCUT2D eigenvalue weighted by atomic mass is 32.2. The molecule has 0 bridgehead atoms. The second kappa shape index (κ2) is 8.51. The third kappa shape index (κ3) is 4.94. The molecule has 5 nitrogen and oxygen atoms in total. The molecule has 1 aliphatic carbocycles. The summed E-state index contributed by atoms with van der Waals surface area (Å²) in [5.74, 6) is -0.425. The quantitative estimate of drug-likeness (QED) is 0.501. The van der Waals surface area contributed by atoms with Gasteiger partial charge in [0, 0.05) is 18.2 Å². The first-order valence-electron chi connectivity index (χ1n) is 9.99. The summed E-state index contributed by atoms with van der Waals surface area (Å²) in [7, 11) is -4.09. The summed E-state index contributed by atoms with van der Waals surface area (Å²) in [4.78, 5) is 14.8. The number of nitrogens with zero attached hydrogens (tertiary/aromatic N) is 1. The fraction of sp³-hybridized carbons (Fsp3) is 0.208. The van der Waals surface area contributed by atoms with E-state index in [1.165, 1.54) is 6.07 Å². The summed E-state index contributed by atoms with van der Waals surface area (Å²) < 4.78 is 43.3. The summed E-state index contributed by atoms with van der Waals surface area (Å²) in [6.07, 6.45) is 1.90. The lowest BCUT2D eigenvalue weighted by molar-refractivity contribution is 0.0729. The van der Waals surface area contributed by atoms with Crippen LogP contribution in [0.25, 0.3) is 0 Å². The predicted molar refractivity (Wildman–Crippen MR) is 115 cm³/mol. The minimum Gasteiger partial charge on any atom is -0.379 e. The summed E-state index contributed by atoms with van der Waals surface area (Å²) in [5, 5.41) is 0. The average molecular weight is 440 g/mol. The lowest BCUT2D eigenvalue weighted by atomic mass is 10.1. The van der Waals surface area contributed by atoms with Crippen molar-refractivity contribution in [3.05, 3.63) is 95.3 Å². The Morgan fingerprint density at radius 2 is 1.74 bits per heavy atom. The molecule has 0 aliphatic heterocycles. The molecule has 0 atom stereocenters. The Kier molecular flexibility index (Phi) is 5.78. The first-order chi connectivity index (χ1) is 14.8. The third-order valence-corrected chi connectivity index (χ3v) is 6.44. The topological polar surface area (TPSA) is 63.7 Å². The smallest absolute Gasteiger partial charge is 0.339 e. The minimum atomic E-state index is -4.09. The van der Waals surface area contributed by atoms with Crippen LogP contribution in [0.2, 0.25) is 0 Å². The summed E-state index contributed by atoms with van der Waals surface area (Å²) in [6.45, 7) is 2.26. The molecule has 160 valence electrons. The van der Waals surface area contributed by atoms with Gasteiger partial charge in [0.05, 0.1) is 0 Å². The van der Waals surface area contributed by atoms with E-state index in [1.807, 2.05) is 42.2 Å². The normalized spacial score (nSPS) is 13.6. The molecule has 0 saturated heterocycles. The van der Waals surface area contributed by atoms with E-state index < -0.39 is 15.9 Å². The van der Waals surface area contributed by atoms with E-state index >= 15 is 0 Å². The van der Waals surface area contributed by atoms with E-state index in [9.17, 15) is 17.6 Å². The molecule has 7 heteroatoms. The maximum Gasteiger partial charge on any atom is 0.339 e. The first kappa shape index (κ1) is 21.1. The molecule has 0 heterocycles. The van der Waals surface area contributed by atoms with Crippen LogP contribution in [-0.4, -0.2) is 25.3 Å². The highest BCUT2D eigenvalue weighted by Crippen LogP contribution is 2.31. The molecule has 1 amide bonds. The van der Waals surface area contributed by atoms with Crippen LogP contribution in [-0.2, 0) is 16.7 Å². The molecule has 3 aromatic carbocycles. The van der Waals surface area contributed by atoms with E-state index in [1.54, 1.807) is 12.1 Å². The molecule has 4 rings (SSSR count). The number of amides is 1. The molecule has 1 fully saturated rings. The summed E-state index contributed by atoms with van der Waals surface area (Å²) in [6, 6.07) is 18.8. The second-order valence-corrected chi connectivity index (χ2v) is 9.16. The van der Waals surface area contributed by atoms with Gasteiger partial charge in [-0.1, -0.05) is 30.3 Å². The van der Waals surface area contributed by atoms with Crippen LogP contribution in [0.5, 0.6) is 5.75 Å². The van der Waals surface area contributed by atoms with Gasteiger partial charge in [-0.15, -0.1) is 0 Å². The largest absolute Gasteiger partial charge is 0.379 e. The molecular weight excluding hydrogens is 417 g/mol. The van der Waals surface area contributed by atoms with Gasteiger partial charge < -0.3 is 9.08 Å². The molecule has 1 aliphatic rings. The number of carbonyl (C=O) groups is 1. The van der Waals surface area contributed by atoms with Crippen molar-refractivity contribution in [1.82, 2.24) is 4.90 Å². The molecule has 0 aromatic heterocycles. The van der Waals surface area contributed by atoms with Crippen molar-refractivity contribution in [1.29, 1.82) is 0 Å². The zero-order valence-corrected chi connectivity index (χ0v) is 17.8. The van der Waals surface area contributed by atoms with Crippen LogP contribution in [0.1, 0.15) is 34.3 Å². The standard InChI is InChI=1S/C24H22FNO4S/c1-17-5-2-3-8-23(17)24(27)26(20-11-12-20)16-18-6-4-7-21(15-18)30-31(28,29)22-13-9-19(25)10-14-22/h2-10,13-15,20H,11-12,16H2,1H3.